The maximum absolute atomic E-state index is 11.2. The Balaban J connectivity index is 1.80. The van der Waals surface area contributed by atoms with Crippen LogP contribution < -0.4 is 9.47 Å². The number of carboxylic acids is 1. The molecule has 0 bridgehead atoms. The van der Waals surface area contributed by atoms with Crippen molar-refractivity contribution in [1.29, 1.82) is 0 Å². The molecule has 0 radical (unpaired) electrons. The average Bonchev–Trinajstić information content (AvgIpc) is 2.87. The lowest BCUT2D eigenvalue weighted by Gasteiger charge is -2.43. The highest BCUT2D eigenvalue weighted by Crippen LogP contribution is 2.53. The van der Waals surface area contributed by atoms with Gasteiger partial charge in [0.25, 0.3) is 0 Å². The molecule has 0 aromatic heterocycles. The third-order valence-electron chi connectivity index (χ3n) is 6.45. The normalized spacial score (nSPS) is 21.8. The molecule has 1 saturated heterocycles. The highest BCUT2D eigenvalue weighted by molar-refractivity contribution is 6.30. The number of ether oxygens (including phenoxy) is 3. The third-order valence-corrected chi connectivity index (χ3v) is 6.68. The van der Waals surface area contributed by atoms with Crippen LogP contribution in [0, 0.1) is 5.92 Å². The first-order valence-electron chi connectivity index (χ1n) is 11.5. The summed E-state index contributed by atoms with van der Waals surface area (Å²) >= 11 is 6.36. The molecular weight excluding hydrogens is 464 g/mol. The van der Waals surface area contributed by atoms with Crippen molar-refractivity contribution in [2.75, 3.05) is 13.7 Å². The van der Waals surface area contributed by atoms with Crippen LogP contribution in [-0.2, 0) is 9.53 Å². The fourth-order valence-electron chi connectivity index (χ4n) is 4.76. The lowest BCUT2D eigenvalue weighted by Crippen LogP contribution is -2.31. The standard InChI is InChI=1S/C29H29ClO5/c1-18(2)24-16-25(20-10-7-11-21(30)14-20)28(19-8-5-4-6-9-19)35-29(24)23-13-12-22(33-3)15-26(23)34-17-27(31)32/h4-15,24-25,28-29H,1,16-17H2,2-3H3,(H,31,32)/t24-,25-,28+,29-/m1/s1. The second kappa shape index (κ2) is 11.0. The fraction of sp³-hybridized carbons (Fsp3) is 0.276. The van der Waals surface area contributed by atoms with Crippen molar-refractivity contribution in [3.05, 3.63) is 107 Å². The first kappa shape index (κ1) is 24.8. The Morgan fingerprint density at radius 3 is 2.46 bits per heavy atom. The maximum atomic E-state index is 11.2. The summed E-state index contributed by atoms with van der Waals surface area (Å²) in [6.07, 6.45) is 0.150. The molecule has 0 unspecified atom stereocenters. The smallest absolute Gasteiger partial charge is 0.341 e. The molecule has 1 heterocycles. The van der Waals surface area contributed by atoms with Crippen LogP contribution in [0.25, 0.3) is 0 Å². The van der Waals surface area contributed by atoms with Crippen LogP contribution >= 0.6 is 11.6 Å². The van der Waals surface area contributed by atoms with Gasteiger partial charge in [0.1, 0.15) is 11.5 Å². The highest BCUT2D eigenvalue weighted by Gasteiger charge is 2.41. The van der Waals surface area contributed by atoms with E-state index in [0.29, 0.717) is 16.5 Å². The summed E-state index contributed by atoms with van der Waals surface area (Å²) in [5, 5.41) is 9.89. The number of aliphatic carboxylic acids is 1. The summed E-state index contributed by atoms with van der Waals surface area (Å²) in [7, 11) is 1.56. The minimum atomic E-state index is -1.05. The van der Waals surface area contributed by atoms with Crippen LogP contribution in [0.1, 0.15) is 48.2 Å². The summed E-state index contributed by atoms with van der Waals surface area (Å²) in [6, 6.07) is 23.5. The van der Waals surface area contributed by atoms with E-state index in [2.05, 4.69) is 24.8 Å². The zero-order valence-corrected chi connectivity index (χ0v) is 20.6. The van der Waals surface area contributed by atoms with Gasteiger partial charge in [-0.05, 0) is 48.7 Å². The van der Waals surface area contributed by atoms with E-state index in [1.165, 1.54) is 0 Å². The molecule has 0 spiro atoms. The third kappa shape index (κ3) is 5.69. The number of hydrogen-bond donors (Lipinski definition) is 1. The van der Waals surface area contributed by atoms with Gasteiger partial charge in [-0.25, -0.2) is 4.79 Å². The van der Waals surface area contributed by atoms with E-state index < -0.39 is 12.6 Å². The Hall–Kier alpha value is -3.28. The molecule has 1 aliphatic heterocycles. The molecule has 1 aliphatic rings. The van der Waals surface area contributed by atoms with Crippen molar-refractivity contribution >= 4 is 17.6 Å². The summed E-state index contributed by atoms with van der Waals surface area (Å²) in [6.45, 7) is 5.81. The largest absolute Gasteiger partial charge is 0.497 e. The van der Waals surface area contributed by atoms with E-state index in [4.69, 9.17) is 25.8 Å². The molecule has 182 valence electrons. The van der Waals surface area contributed by atoms with Crippen molar-refractivity contribution in [1.82, 2.24) is 0 Å². The number of methoxy groups -OCH3 is 1. The molecule has 1 fully saturated rings. The van der Waals surface area contributed by atoms with Gasteiger partial charge in [-0.1, -0.05) is 66.2 Å². The predicted molar refractivity (Wildman–Crippen MR) is 136 cm³/mol. The van der Waals surface area contributed by atoms with Crippen LogP contribution in [0.15, 0.2) is 84.9 Å². The zero-order valence-electron chi connectivity index (χ0n) is 19.8. The fourth-order valence-corrected chi connectivity index (χ4v) is 4.96. The molecule has 3 aromatic carbocycles. The molecule has 0 aliphatic carbocycles. The second-order valence-corrected chi connectivity index (χ2v) is 9.26. The van der Waals surface area contributed by atoms with E-state index >= 15 is 0 Å². The highest BCUT2D eigenvalue weighted by atomic mass is 35.5. The average molecular weight is 493 g/mol. The summed E-state index contributed by atoms with van der Waals surface area (Å²) < 4.78 is 17.9. The number of hydrogen-bond acceptors (Lipinski definition) is 4. The second-order valence-electron chi connectivity index (χ2n) is 8.82. The zero-order chi connectivity index (χ0) is 24.9. The molecule has 1 N–H and O–H groups in total. The Bertz CT molecular complexity index is 1190. The first-order chi connectivity index (χ1) is 16.9. The first-order valence-corrected chi connectivity index (χ1v) is 11.9. The predicted octanol–water partition coefficient (Wildman–Crippen LogP) is 6.99. The van der Waals surface area contributed by atoms with E-state index in [9.17, 15) is 9.90 Å². The summed E-state index contributed by atoms with van der Waals surface area (Å²) in [5.41, 5.74) is 3.91. The molecule has 4 atom stereocenters. The summed E-state index contributed by atoms with van der Waals surface area (Å²) in [4.78, 5) is 11.2. The van der Waals surface area contributed by atoms with Gasteiger partial charge in [-0.3, -0.25) is 0 Å². The van der Waals surface area contributed by atoms with Gasteiger partial charge in [0.2, 0.25) is 0 Å². The molecule has 4 rings (SSSR count). The molecule has 3 aromatic rings. The van der Waals surface area contributed by atoms with Gasteiger partial charge in [0, 0.05) is 28.5 Å². The van der Waals surface area contributed by atoms with Gasteiger partial charge in [-0.2, -0.15) is 0 Å². The van der Waals surface area contributed by atoms with E-state index in [1.807, 2.05) is 55.5 Å². The van der Waals surface area contributed by atoms with Crippen molar-refractivity contribution in [3.8, 4) is 11.5 Å². The van der Waals surface area contributed by atoms with Crippen molar-refractivity contribution in [3.63, 3.8) is 0 Å². The Morgan fingerprint density at radius 2 is 1.80 bits per heavy atom. The van der Waals surface area contributed by atoms with Gasteiger partial charge < -0.3 is 19.3 Å². The monoisotopic (exact) mass is 492 g/mol. The number of benzene rings is 3. The number of halogens is 1. The van der Waals surface area contributed by atoms with Gasteiger partial charge in [-0.15, -0.1) is 0 Å². The minimum Gasteiger partial charge on any atom is -0.497 e. The van der Waals surface area contributed by atoms with Crippen LogP contribution in [0.4, 0.5) is 0 Å². The molecular formula is C29H29ClO5. The molecule has 0 amide bonds. The maximum Gasteiger partial charge on any atom is 0.341 e. The summed E-state index contributed by atoms with van der Waals surface area (Å²) in [5.74, 6) is -0.0255. The molecule has 0 saturated carbocycles. The van der Waals surface area contributed by atoms with E-state index in [1.54, 1.807) is 13.2 Å². The Labute approximate surface area is 210 Å². The van der Waals surface area contributed by atoms with E-state index in [0.717, 1.165) is 28.7 Å². The van der Waals surface area contributed by atoms with Gasteiger partial charge >= 0.3 is 5.97 Å². The lowest BCUT2D eigenvalue weighted by molar-refractivity contribution is -0.139. The number of carbonyl (C=O) groups is 1. The SMILES string of the molecule is C=C(C)[C@H]1C[C@H](c2cccc(Cl)c2)[C@H](c2ccccc2)O[C@@H]1c1ccc(OC)cc1OCC(=O)O. The van der Waals surface area contributed by atoms with Gasteiger partial charge in [0.05, 0.1) is 19.3 Å². The Morgan fingerprint density at radius 1 is 1.06 bits per heavy atom. The van der Waals surface area contributed by atoms with Crippen LogP contribution in [0.2, 0.25) is 5.02 Å². The molecule has 35 heavy (non-hydrogen) atoms. The van der Waals surface area contributed by atoms with Crippen LogP contribution in [0.3, 0.4) is 0 Å². The van der Waals surface area contributed by atoms with E-state index in [-0.39, 0.29) is 24.0 Å². The van der Waals surface area contributed by atoms with Crippen molar-refractivity contribution < 1.29 is 24.1 Å². The quantitative estimate of drug-likeness (QED) is 0.343. The molecule has 6 heteroatoms. The number of carboxylic acid groups (broad SMARTS) is 1. The van der Waals surface area contributed by atoms with Crippen molar-refractivity contribution in [2.45, 2.75) is 31.5 Å². The lowest BCUT2D eigenvalue weighted by atomic mass is 9.74. The van der Waals surface area contributed by atoms with Crippen molar-refractivity contribution in [2.24, 2.45) is 5.92 Å². The molecule has 5 nitrogen and oxygen atoms in total. The van der Waals surface area contributed by atoms with Crippen LogP contribution in [-0.4, -0.2) is 24.8 Å². The van der Waals surface area contributed by atoms with Crippen LogP contribution in [0.5, 0.6) is 11.5 Å². The topological polar surface area (TPSA) is 65.0 Å². The number of rotatable bonds is 8. The Kier molecular flexibility index (Phi) is 7.79. The van der Waals surface area contributed by atoms with Gasteiger partial charge in [0.15, 0.2) is 6.61 Å². The minimum absolute atomic E-state index is 0.0282.